The van der Waals surface area contributed by atoms with Crippen molar-refractivity contribution in [2.24, 2.45) is 11.7 Å². The minimum Gasteiger partial charge on any atom is -0.385 e. The van der Waals surface area contributed by atoms with Gasteiger partial charge >= 0.3 is 0 Å². The molecule has 0 aromatic rings. The van der Waals surface area contributed by atoms with Gasteiger partial charge in [0.1, 0.15) is 0 Å². The van der Waals surface area contributed by atoms with E-state index in [1.54, 1.807) is 7.11 Å². The third-order valence-electron chi connectivity index (χ3n) is 4.59. The van der Waals surface area contributed by atoms with Gasteiger partial charge in [0, 0.05) is 25.8 Å². The molecule has 2 unspecified atom stereocenters. The van der Waals surface area contributed by atoms with Crippen molar-refractivity contribution in [2.75, 3.05) is 33.4 Å². The van der Waals surface area contributed by atoms with E-state index < -0.39 is 0 Å². The van der Waals surface area contributed by atoms with Crippen molar-refractivity contribution in [2.45, 2.75) is 57.9 Å². The first kappa shape index (κ1) is 15.9. The first-order valence-electron chi connectivity index (χ1n) is 7.60. The molecule has 0 aliphatic carbocycles. The lowest BCUT2D eigenvalue weighted by molar-refractivity contribution is 0.0702. The van der Waals surface area contributed by atoms with Crippen molar-refractivity contribution in [3.05, 3.63) is 0 Å². The molecule has 0 aromatic carbocycles. The average Bonchev–Trinajstić information content (AvgIpc) is 2.62. The summed E-state index contributed by atoms with van der Waals surface area (Å²) in [6, 6.07) is 0. The molecule has 3 heteroatoms. The van der Waals surface area contributed by atoms with Gasteiger partial charge in [-0.1, -0.05) is 19.8 Å². The molecule has 18 heavy (non-hydrogen) atoms. The summed E-state index contributed by atoms with van der Waals surface area (Å²) < 4.78 is 5.24. The Balaban J connectivity index is 2.53. The van der Waals surface area contributed by atoms with E-state index in [2.05, 4.69) is 18.7 Å². The zero-order valence-corrected chi connectivity index (χ0v) is 12.6. The lowest BCUT2D eigenvalue weighted by Gasteiger charge is -2.40. The van der Waals surface area contributed by atoms with Crippen molar-refractivity contribution >= 4 is 0 Å². The summed E-state index contributed by atoms with van der Waals surface area (Å²) in [4.78, 5) is 2.61. The topological polar surface area (TPSA) is 38.5 Å². The van der Waals surface area contributed by atoms with E-state index in [9.17, 15) is 0 Å². The fourth-order valence-electron chi connectivity index (χ4n) is 3.11. The molecular weight excluding hydrogens is 224 g/mol. The van der Waals surface area contributed by atoms with Crippen molar-refractivity contribution in [3.8, 4) is 0 Å². The summed E-state index contributed by atoms with van der Waals surface area (Å²) in [5.74, 6) is 0.935. The molecule has 1 aliphatic heterocycles. The first-order chi connectivity index (χ1) is 8.66. The Hall–Kier alpha value is -0.120. The van der Waals surface area contributed by atoms with Crippen LogP contribution in [0.15, 0.2) is 0 Å². The molecule has 2 atom stereocenters. The van der Waals surface area contributed by atoms with Gasteiger partial charge in [0.15, 0.2) is 0 Å². The van der Waals surface area contributed by atoms with Gasteiger partial charge in [-0.25, -0.2) is 0 Å². The number of ether oxygens (including phenoxy) is 1. The monoisotopic (exact) mass is 256 g/mol. The Bertz CT molecular complexity index is 223. The zero-order chi connectivity index (χ0) is 13.4. The predicted octanol–water partition coefficient (Wildman–Crippen LogP) is 2.64. The Kier molecular flexibility index (Phi) is 7.20. The normalized spacial score (nSPS) is 25.7. The van der Waals surface area contributed by atoms with Gasteiger partial charge in [-0.3, -0.25) is 4.90 Å². The van der Waals surface area contributed by atoms with Crippen LogP contribution in [-0.2, 0) is 4.74 Å². The molecule has 0 radical (unpaired) electrons. The van der Waals surface area contributed by atoms with Crippen LogP contribution in [0.2, 0.25) is 0 Å². The van der Waals surface area contributed by atoms with Crippen molar-refractivity contribution in [3.63, 3.8) is 0 Å². The van der Waals surface area contributed by atoms with Gasteiger partial charge in [0.2, 0.25) is 0 Å². The van der Waals surface area contributed by atoms with Crippen LogP contribution in [0, 0.1) is 5.92 Å². The number of methoxy groups -OCH3 is 1. The quantitative estimate of drug-likeness (QED) is 0.761. The fourth-order valence-corrected chi connectivity index (χ4v) is 3.11. The van der Waals surface area contributed by atoms with E-state index in [1.165, 1.54) is 45.2 Å². The predicted molar refractivity (Wildman–Crippen MR) is 77.8 cm³/mol. The van der Waals surface area contributed by atoms with Crippen LogP contribution in [0.5, 0.6) is 0 Å². The zero-order valence-electron chi connectivity index (χ0n) is 12.6. The minimum absolute atomic E-state index is 0.122. The molecule has 0 saturated carbocycles. The highest BCUT2D eigenvalue weighted by molar-refractivity contribution is 4.89. The standard InChI is InChI=1S/C15H32N2O/c1-4-6-14-7-5-10-17(11-8-14)15(2,13-16)9-12-18-3/h14H,4-13,16H2,1-3H3. The summed E-state index contributed by atoms with van der Waals surface area (Å²) in [6.07, 6.45) is 7.82. The molecule has 3 nitrogen and oxygen atoms in total. The second-order valence-corrected chi connectivity index (χ2v) is 6.02. The number of rotatable bonds is 7. The highest BCUT2D eigenvalue weighted by Gasteiger charge is 2.31. The van der Waals surface area contributed by atoms with E-state index in [0.29, 0.717) is 0 Å². The largest absolute Gasteiger partial charge is 0.385 e. The second kappa shape index (κ2) is 8.13. The van der Waals surface area contributed by atoms with Crippen LogP contribution in [0.25, 0.3) is 0 Å². The van der Waals surface area contributed by atoms with Gasteiger partial charge in [0.25, 0.3) is 0 Å². The Morgan fingerprint density at radius 1 is 1.33 bits per heavy atom. The number of nitrogens with zero attached hydrogens (tertiary/aromatic N) is 1. The highest BCUT2D eigenvalue weighted by Crippen LogP contribution is 2.27. The summed E-state index contributed by atoms with van der Waals surface area (Å²) >= 11 is 0. The van der Waals surface area contributed by atoms with Gasteiger partial charge in [-0.15, -0.1) is 0 Å². The van der Waals surface area contributed by atoms with Crippen LogP contribution in [0.4, 0.5) is 0 Å². The maximum Gasteiger partial charge on any atom is 0.0480 e. The molecular formula is C15H32N2O. The number of hydrogen-bond acceptors (Lipinski definition) is 3. The Morgan fingerprint density at radius 3 is 2.72 bits per heavy atom. The molecule has 1 saturated heterocycles. The molecule has 2 N–H and O–H groups in total. The third kappa shape index (κ3) is 4.52. The number of nitrogens with two attached hydrogens (primary N) is 1. The van der Waals surface area contributed by atoms with E-state index >= 15 is 0 Å². The van der Waals surface area contributed by atoms with Crippen molar-refractivity contribution < 1.29 is 4.74 Å². The van der Waals surface area contributed by atoms with E-state index in [1.807, 2.05) is 0 Å². The SMILES string of the molecule is CCCC1CCCN(C(C)(CN)CCOC)CC1. The maximum atomic E-state index is 6.03. The maximum absolute atomic E-state index is 6.03. The molecule has 1 fully saturated rings. The molecule has 1 rings (SSSR count). The van der Waals surface area contributed by atoms with E-state index in [4.69, 9.17) is 10.5 Å². The van der Waals surface area contributed by atoms with Gasteiger partial charge < -0.3 is 10.5 Å². The summed E-state index contributed by atoms with van der Waals surface area (Å²) in [5.41, 5.74) is 6.15. The fraction of sp³-hybridized carbons (Fsp3) is 1.00. The van der Waals surface area contributed by atoms with Gasteiger partial charge in [-0.05, 0) is 51.6 Å². The number of likely N-dealkylation sites (tertiary alicyclic amines) is 1. The molecule has 108 valence electrons. The van der Waals surface area contributed by atoms with E-state index in [-0.39, 0.29) is 5.54 Å². The highest BCUT2D eigenvalue weighted by atomic mass is 16.5. The Labute approximate surface area is 113 Å². The molecule has 0 amide bonds. The molecule has 0 bridgehead atoms. The lowest BCUT2D eigenvalue weighted by atomic mass is 9.94. The lowest BCUT2D eigenvalue weighted by Crippen LogP contribution is -2.52. The molecule has 1 aliphatic rings. The summed E-state index contributed by atoms with van der Waals surface area (Å²) in [5, 5.41) is 0. The number of hydrogen-bond donors (Lipinski definition) is 1. The summed E-state index contributed by atoms with van der Waals surface area (Å²) in [7, 11) is 1.77. The van der Waals surface area contributed by atoms with Crippen LogP contribution in [-0.4, -0.2) is 43.8 Å². The third-order valence-corrected chi connectivity index (χ3v) is 4.59. The van der Waals surface area contributed by atoms with Crippen molar-refractivity contribution in [1.29, 1.82) is 0 Å². The minimum atomic E-state index is 0.122. The average molecular weight is 256 g/mol. The van der Waals surface area contributed by atoms with Crippen LogP contribution < -0.4 is 5.73 Å². The molecule has 0 spiro atoms. The van der Waals surface area contributed by atoms with Crippen molar-refractivity contribution in [1.82, 2.24) is 4.90 Å². The summed E-state index contributed by atoms with van der Waals surface area (Å²) in [6.45, 7) is 8.55. The van der Waals surface area contributed by atoms with Gasteiger partial charge in [0.05, 0.1) is 0 Å². The second-order valence-electron chi connectivity index (χ2n) is 6.02. The smallest absolute Gasteiger partial charge is 0.0480 e. The molecule has 1 heterocycles. The van der Waals surface area contributed by atoms with Crippen LogP contribution in [0.1, 0.15) is 52.4 Å². The first-order valence-corrected chi connectivity index (χ1v) is 7.60. The van der Waals surface area contributed by atoms with E-state index in [0.717, 1.165) is 25.5 Å². The molecule has 0 aromatic heterocycles. The van der Waals surface area contributed by atoms with Gasteiger partial charge in [-0.2, -0.15) is 0 Å². The van der Waals surface area contributed by atoms with Crippen LogP contribution in [0.3, 0.4) is 0 Å². The Morgan fingerprint density at radius 2 is 2.11 bits per heavy atom. The van der Waals surface area contributed by atoms with Crippen LogP contribution >= 0.6 is 0 Å².